The zero-order valence-corrected chi connectivity index (χ0v) is 9.73. The van der Waals surface area contributed by atoms with E-state index in [9.17, 15) is 8.42 Å². The molecule has 84 valence electrons. The number of ether oxygens (including phenoxy) is 1. The second-order valence-corrected chi connectivity index (χ2v) is 6.04. The Labute approximate surface area is 85.6 Å². The first kappa shape index (κ1) is 11.9. The molecule has 0 aliphatic carbocycles. The van der Waals surface area contributed by atoms with Gasteiger partial charge in [0.2, 0.25) is 0 Å². The van der Waals surface area contributed by atoms with Crippen LogP contribution < -0.4 is 4.72 Å². The van der Waals surface area contributed by atoms with E-state index in [0.717, 1.165) is 0 Å². The van der Waals surface area contributed by atoms with E-state index >= 15 is 0 Å². The van der Waals surface area contributed by atoms with Gasteiger partial charge in [0.1, 0.15) is 0 Å². The van der Waals surface area contributed by atoms with Gasteiger partial charge in [-0.3, -0.25) is 0 Å². The lowest BCUT2D eigenvalue weighted by atomic mass is 10.1. The number of morpholine rings is 1. The summed E-state index contributed by atoms with van der Waals surface area (Å²) >= 11 is 0. The Morgan fingerprint density at radius 1 is 1.21 bits per heavy atom. The highest BCUT2D eigenvalue weighted by Crippen LogP contribution is 2.08. The Bertz CT molecular complexity index is 275. The van der Waals surface area contributed by atoms with Gasteiger partial charge in [0.05, 0.1) is 13.2 Å². The van der Waals surface area contributed by atoms with Gasteiger partial charge < -0.3 is 4.74 Å². The van der Waals surface area contributed by atoms with Crippen LogP contribution in [0.3, 0.4) is 0 Å². The second kappa shape index (κ2) is 4.14. The van der Waals surface area contributed by atoms with Crippen LogP contribution >= 0.6 is 0 Å². The molecule has 6 heteroatoms. The molecular formula is C8H18N2O3S. The van der Waals surface area contributed by atoms with Crippen molar-refractivity contribution >= 4 is 10.2 Å². The Morgan fingerprint density at radius 2 is 1.71 bits per heavy atom. The molecule has 1 heterocycles. The number of rotatable bonds is 2. The molecule has 0 amide bonds. The van der Waals surface area contributed by atoms with E-state index in [2.05, 4.69) is 4.72 Å². The zero-order valence-electron chi connectivity index (χ0n) is 8.91. The fraction of sp³-hybridized carbons (Fsp3) is 1.00. The van der Waals surface area contributed by atoms with Gasteiger partial charge >= 0.3 is 0 Å². The van der Waals surface area contributed by atoms with Crippen molar-refractivity contribution in [2.24, 2.45) is 0 Å². The number of hydrogen-bond donors (Lipinski definition) is 1. The first-order valence-electron chi connectivity index (χ1n) is 4.68. The molecule has 0 aromatic heterocycles. The molecule has 1 fully saturated rings. The van der Waals surface area contributed by atoms with Crippen molar-refractivity contribution in [3.8, 4) is 0 Å². The van der Waals surface area contributed by atoms with Crippen molar-refractivity contribution in [3.05, 3.63) is 0 Å². The van der Waals surface area contributed by atoms with E-state index in [-0.39, 0.29) is 0 Å². The molecule has 0 bridgehead atoms. The van der Waals surface area contributed by atoms with Crippen molar-refractivity contribution in [3.63, 3.8) is 0 Å². The molecular weight excluding hydrogens is 204 g/mol. The van der Waals surface area contributed by atoms with Crippen molar-refractivity contribution in [1.29, 1.82) is 0 Å². The fourth-order valence-electron chi connectivity index (χ4n) is 1.24. The van der Waals surface area contributed by atoms with Crippen molar-refractivity contribution < 1.29 is 13.2 Å². The highest BCUT2D eigenvalue weighted by molar-refractivity contribution is 7.87. The monoisotopic (exact) mass is 222 g/mol. The van der Waals surface area contributed by atoms with Crippen LogP contribution in [0, 0.1) is 0 Å². The van der Waals surface area contributed by atoms with Crippen LogP contribution in [0.15, 0.2) is 0 Å². The highest BCUT2D eigenvalue weighted by atomic mass is 32.2. The molecule has 0 radical (unpaired) electrons. The first-order chi connectivity index (χ1) is 6.31. The number of nitrogens with one attached hydrogen (secondary N) is 1. The molecule has 0 aromatic rings. The van der Waals surface area contributed by atoms with Gasteiger partial charge in [-0.05, 0) is 20.8 Å². The quantitative estimate of drug-likeness (QED) is 0.713. The molecule has 5 nitrogen and oxygen atoms in total. The lowest BCUT2D eigenvalue weighted by Gasteiger charge is -2.30. The van der Waals surface area contributed by atoms with Crippen LogP contribution in [0.5, 0.6) is 0 Å². The standard InChI is InChI=1S/C8H18N2O3S/c1-8(2,3)9-14(11,12)10-4-6-13-7-5-10/h9H,4-7H2,1-3H3. The third-order valence-corrected chi connectivity index (χ3v) is 3.66. The summed E-state index contributed by atoms with van der Waals surface area (Å²) in [6.07, 6.45) is 0. The van der Waals surface area contributed by atoms with Crippen LogP contribution in [-0.4, -0.2) is 44.6 Å². The summed E-state index contributed by atoms with van der Waals surface area (Å²) in [6, 6.07) is 0. The summed E-state index contributed by atoms with van der Waals surface area (Å²) in [7, 11) is -3.34. The van der Waals surface area contributed by atoms with Gasteiger partial charge in [0, 0.05) is 18.6 Å². The van der Waals surface area contributed by atoms with Gasteiger partial charge in [0.25, 0.3) is 10.2 Å². The van der Waals surface area contributed by atoms with Crippen molar-refractivity contribution in [2.75, 3.05) is 26.3 Å². The normalized spacial score (nSPS) is 21.1. The molecule has 1 aliphatic heterocycles. The summed E-state index contributed by atoms with van der Waals surface area (Å²) in [6.45, 7) is 7.30. The van der Waals surface area contributed by atoms with Gasteiger partial charge in [-0.1, -0.05) is 0 Å². The molecule has 1 N–H and O–H groups in total. The smallest absolute Gasteiger partial charge is 0.280 e. The summed E-state index contributed by atoms with van der Waals surface area (Å²) in [5.74, 6) is 0. The average molecular weight is 222 g/mol. The first-order valence-corrected chi connectivity index (χ1v) is 6.12. The minimum atomic E-state index is -3.34. The topological polar surface area (TPSA) is 58.6 Å². The summed E-state index contributed by atoms with van der Waals surface area (Å²) < 4.78 is 32.6. The minimum absolute atomic E-state index is 0.433. The summed E-state index contributed by atoms with van der Waals surface area (Å²) in [5, 5.41) is 0. The Balaban J connectivity index is 2.64. The molecule has 0 unspecified atom stereocenters. The van der Waals surface area contributed by atoms with Crippen molar-refractivity contribution in [1.82, 2.24) is 9.03 Å². The number of hydrogen-bond acceptors (Lipinski definition) is 3. The van der Waals surface area contributed by atoms with Crippen LogP contribution in [0.4, 0.5) is 0 Å². The third kappa shape index (κ3) is 3.53. The van der Waals surface area contributed by atoms with E-state index in [0.29, 0.717) is 26.3 Å². The zero-order chi connectivity index (χ0) is 10.8. The maximum Gasteiger partial charge on any atom is 0.280 e. The minimum Gasteiger partial charge on any atom is -0.379 e. The lowest BCUT2D eigenvalue weighted by Crippen LogP contribution is -2.52. The molecule has 0 atom stereocenters. The van der Waals surface area contributed by atoms with Crippen molar-refractivity contribution in [2.45, 2.75) is 26.3 Å². The van der Waals surface area contributed by atoms with E-state index in [1.54, 1.807) is 0 Å². The molecule has 0 aromatic carbocycles. The van der Waals surface area contributed by atoms with Crippen LogP contribution in [0.2, 0.25) is 0 Å². The van der Waals surface area contributed by atoms with E-state index in [1.165, 1.54) is 4.31 Å². The second-order valence-electron chi connectivity index (χ2n) is 4.37. The maximum atomic E-state index is 11.8. The molecule has 1 rings (SSSR count). The highest BCUT2D eigenvalue weighted by Gasteiger charge is 2.27. The Kier molecular flexibility index (Phi) is 3.52. The average Bonchev–Trinajstić information content (AvgIpc) is 2.01. The van der Waals surface area contributed by atoms with Gasteiger partial charge in [-0.25, -0.2) is 0 Å². The van der Waals surface area contributed by atoms with Crippen LogP contribution in [0.25, 0.3) is 0 Å². The predicted molar refractivity (Wildman–Crippen MR) is 54.2 cm³/mol. The maximum absolute atomic E-state index is 11.8. The van der Waals surface area contributed by atoms with Crippen LogP contribution in [-0.2, 0) is 14.9 Å². The van der Waals surface area contributed by atoms with E-state index < -0.39 is 15.7 Å². The number of nitrogens with zero attached hydrogens (tertiary/aromatic N) is 1. The van der Waals surface area contributed by atoms with E-state index in [4.69, 9.17) is 4.74 Å². The summed E-state index contributed by atoms with van der Waals surface area (Å²) in [4.78, 5) is 0. The molecule has 0 spiro atoms. The van der Waals surface area contributed by atoms with Gasteiger partial charge in [-0.2, -0.15) is 17.4 Å². The Hall–Kier alpha value is -0.170. The summed E-state index contributed by atoms with van der Waals surface area (Å²) in [5.41, 5.74) is -0.433. The SMILES string of the molecule is CC(C)(C)NS(=O)(=O)N1CCOCC1. The molecule has 1 saturated heterocycles. The largest absolute Gasteiger partial charge is 0.379 e. The Morgan fingerprint density at radius 3 is 2.14 bits per heavy atom. The van der Waals surface area contributed by atoms with Gasteiger partial charge in [0.15, 0.2) is 0 Å². The third-order valence-electron chi connectivity index (χ3n) is 1.75. The van der Waals surface area contributed by atoms with Crippen LogP contribution in [0.1, 0.15) is 20.8 Å². The fourth-order valence-corrected chi connectivity index (χ4v) is 2.77. The lowest BCUT2D eigenvalue weighted by molar-refractivity contribution is 0.0721. The molecule has 14 heavy (non-hydrogen) atoms. The van der Waals surface area contributed by atoms with Gasteiger partial charge in [-0.15, -0.1) is 0 Å². The molecule has 0 saturated carbocycles. The van der Waals surface area contributed by atoms with E-state index in [1.807, 2.05) is 20.8 Å². The molecule has 1 aliphatic rings. The predicted octanol–water partition coefficient (Wildman–Crippen LogP) is -0.0485.